The lowest BCUT2D eigenvalue weighted by molar-refractivity contribution is -0.385. The largest absolute Gasteiger partial charge is 0.337 e. The molecule has 2 aromatic carbocycles. The first kappa shape index (κ1) is 16.2. The van der Waals surface area contributed by atoms with E-state index in [1.807, 2.05) is 30.3 Å². The fraction of sp³-hybridized carbons (Fsp3) is 0. The second-order valence-corrected chi connectivity index (χ2v) is 4.59. The number of fused-ring (bicyclic) bond motifs is 1. The number of halogens is 1. The number of nitro groups is 1. The molecule has 114 valence electrons. The molecule has 1 heterocycles. The zero-order valence-corrected chi connectivity index (χ0v) is 12.6. The lowest BCUT2D eigenvalue weighted by Crippen LogP contribution is -1.92. The van der Waals surface area contributed by atoms with Crippen molar-refractivity contribution in [1.29, 1.82) is 5.26 Å². The summed E-state index contributed by atoms with van der Waals surface area (Å²) in [4.78, 5) is 17.9. The van der Waals surface area contributed by atoms with Crippen LogP contribution in [0, 0.1) is 21.4 Å². The minimum Gasteiger partial charge on any atom is -0.337 e. The molecule has 6 nitrogen and oxygen atoms in total. The number of aromatic amines is 1. The maximum Gasteiger partial charge on any atom is 0.276 e. The lowest BCUT2D eigenvalue weighted by Gasteiger charge is -1.98. The number of rotatable bonds is 3. The Labute approximate surface area is 137 Å². The first-order valence-electron chi connectivity index (χ1n) is 6.49. The van der Waals surface area contributed by atoms with E-state index in [4.69, 9.17) is 0 Å². The average Bonchev–Trinajstić information content (AvgIpc) is 2.96. The molecule has 0 fully saturated rings. The van der Waals surface area contributed by atoms with Gasteiger partial charge in [0.15, 0.2) is 0 Å². The van der Waals surface area contributed by atoms with E-state index in [-0.39, 0.29) is 23.7 Å². The predicted octanol–water partition coefficient (Wildman–Crippen LogP) is 3.96. The van der Waals surface area contributed by atoms with Crippen LogP contribution >= 0.6 is 12.4 Å². The summed E-state index contributed by atoms with van der Waals surface area (Å²) in [7, 11) is 0. The molecule has 0 aliphatic carbocycles. The molecule has 0 radical (unpaired) electrons. The first-order chi connectivity index (χ1) is 10.7. The first-order valence-corrected chi connectivity index (χ1v) is 6.49. The summed E-state index contributed by atoms with van der Waals surface area (Å²) in [6.45, 7) is 0. The third kappa shape index (κ3) is 3.20. The predicted molar refractivity (Wildman–Crippen MR) is 89.9 cm³/mol. The van der Waals surface area contributed by atoms with Crippen LogP contribution in [0.5, 0.6) is 0 Å². The van der Waals surface area contributed by atoms with Crippen molar-refractivity contribution in [2.45, 2.75) is 0 Å². The number of nitrogens with zero attached hydrogens (tertiary/aromatic N) is 3. The van der Waals surface area contributed by atoms with Crippen molar-refractivity contribution in [1.82, 2.24) is 9.97 Å². The van der Waals surface area contributed by atoms with E-state index < -0.39 is 4.92 Å². The van der Waals surface area contributed by atoms with Crippen molar-refractivity contribution < 1.29 is 4.92 Å². The molecule has 1 aromatic heterocycles. The zero-order chi connectivity index (χ0) is 15.5. The number of nitriles is 1. The minimum atomic E-state index is -0.473. The number of nitro benzene ring substituents is 1. The smallest absolute Gasteiger partial charge is 0.276 e. The number of H-pyrrole nitrogens is 1. The number of hydrogen-bond donors (Lipinski definition) is 1. The Morgan fingerprint density at radius 3 is 2.61 bits per heavy atom. The van der Waals surface area contributed by atoms with Gasteiger partial charge < -0.3 is 4.98 Å². The third-order valence-corrected chi connectivity index (χ3v) is 3.20. The van der Waals surface area contributed by atoms with Crippen molar-refractivity contribution in [2.75, 3.05) is 0 Å². The Bertz CT molecular complexity index is 907. The molecule has 0 aliphatic rings. The van der Waals surface area contributed by atoms with Gasteiger partial charge in [-0.1, -0.05) is 24.3 Å². The van der Waals surface area contributed by atoms with Gasteiger partial charge in [-0.15, -0.1) is 12.4 Å². The topological polar surface area (TPSA) is 95.6 Å². The van der Waals surface area contributed by atoms with Gasteiger partial charge in [0.2, 0.25) is 0 Å². The van der Waals surface area contributed by atoms with Crippen LogP contribution in [0.2, 0.25) is 0 Å². The maximum atomic E-state index is 11.0. The second kappa shape index (κ2) is 6.73. The Kier molecular flexibility index (Phi) is 4.74. The Morgan fingerprint density at radius 2 is 1.91 bits per heavy atom. The van der Waals surface area contributed by atoms with E-state index in [9.17, 15) is 15.4 Å². The lowest BCUT2D eigenvalue weighted by atomic mass is 10.1. The Balaban J connectivity index is 0.00000192. The van der Waals surface area contributed by atoms with Gasteiger partial charge in [-0.2, -0.15) is 5.26 Å². The second-order valence-electron chi connectivity index (χ2n) is 4.59. The molecule has 1 N–H and O–H groups in total. The molecule has 3 rings (SSSR count). The zero-order valence-electron chi connectivity index (χ0n) is 11.8. The minimum absolute atomic E-state index is 0. The summed E-state index contributed by atoms with van der Waals surface area (Å²) in [6, 6.07) is 15.7. The molecule has 0 amide bonds. The molecule has 0 bridgehead atoms. The van der Waals surface area contributed by atoms with E-state index in [0.29, 0.717) is 11.4 Å². The van der Waals surface area contributed by atoms with Crippen LogP contribution in [0.4, 0.5) is 5.69 Å². The van der Waals surface area contributed by atoms with E-state index >= 15 is 0 Å². The Hall–Kier alpha value is -3.17. The van der Waals surface area contributed by atoms with E-state index in [1.54, 1.807) is 18.2 Å². The van der Waals surface area contributed by atoms with Gasteiger partial charge in [-0.3, -0.25) is 10.1 Å². The number of imidazole rings is 1. The highest BCUT2D eigenvalue weighted by molar-refractivity contribution is 5.91. The summed E-state index contributed by atoms with van der Waals surface area (Å²) in [5.41, 5.74) is 2.10. The van der Waals surface area contributed by atoms with E-state index in [0.717, 1.165) is 11.0 Å². The van der Waals surface area contributed by atoms with Crippen molar-refractivity contribution in [3.63, 3.8) is 0 Å². The monoisotopic (exact) mass is 326 g/mol. The van der Waals surface area contributed by atoms with Crippen LogP contribution in [-0.2, 0) is 0 Å². The van der Waals surface area contributed by atoms with Crippen molar-refractivity contribution in [2.24, 2.45) is 0 Å². The molecule has 0 unspecified atom stereocenters. The number of benzene rings is 2. The van der Waals surface area contributed by atoms with Crippen LogP contribution in [0.25, 0.3) is 22.7 Å². The highest BCUT2D eigenvalue weighted by atomic mass is 35.5. The molecule has 0 saturated carbocycles. The van der Waals surface area contributed by atoms with Crippen LogP contribution in [-0.4, -0.2) is 14.9 Å². The van der Waals surface area contributed by atoms with E-state index in [1.165, 1.54) is 12.1 Å². The van der Waals surface area contributed by atoms with Gasteiger partial charge in [0.05, 0.1) is 27.1 Å². The molecule has 3 aromatic rings. The number of aromatic nitrogens is 2. The molecular formula is C16H11ClN4O2. The van der Waals surface area contributed by atoms with Gasteiger partial charge in [-0.05, 0) is 24.3 Å². The van der Waals surface area contributed by atoms with Gasteiger partial charge in [-0.25, -0.2) is 4.98 Å². The third-order valence-electron chi connectivity index (χ3n) is 3.20. The van der Waals surface area contributed by atoms with Crippen LogP contribution < -0.4 is 0 Å². The quantitative estimate of drug-likeness (QED) is 0.447. The van der Waals surface area contributed by atoms with Gasteiger partial charge >= 0.3 is 0 Å². The molecule has 0 saturated heterocycles. The molecule has 0 aliphatic heterocycles. The molecule has 23 heavy (non-hydrogen) atoms. The van der Waals surface area contributed by atoms with Crippen molar-refractivity contribution >= 4 is 40.8 Å². The maximum absolute atomic E-state index is 11.0. The standard InChI is InChI=1S/C16H10N4O2.ClH/c17-10-12(9-11-5-1-4-8-15(11)20(21)22)16-18-13-6-2-3-7-14(13)19-16;/h1-9H,(H,18,19);1H/b12-9+;. The summed E-state index contributed by atoms with van der Waals surface area (Å²) in [5.74, 6) is 0.391. The highest BCUT2D eigenvalue weighted by Crippen LogP contribution is 2.24. The normalized spacial score (nSPS) is 10.8. The number of allylic oxidation sites excluding steroid dienone is 1. The van der Waals surface area contributed by atoms with Crippen LogP contribution in [0.1, 0.15) is 11.4 Å². The highest BCUT2D eigenvalue weighted by Gasteiger charge is 2.13. The summed E-state index contributed by atoms with van der Waals surface area (Å²) < 4.78 is 0. The van der Waals surface area contributed by atoms with Crippen LogP contribution in [0.3, 0.4) is 0 Å². The Morgan fingerprint density at radius 1 is 1.22 bits per heavy atom. The molecule has 0 atom stereocenters. The molecule has 7 heteroatoms. The van der Waals surface area contributed by atoms with Crippen molar-refractivity contribution in [3.05, 3.63) is 70.0 Å². The molecular weight excluding hydrogens is 316 g/mol. The number of hydrogen-bond acceptors (Lipinski definition) is 4. The average molecular weight is 327 g/mol. The number of para-hydroxylation sites is 3. The van der Waals surface area contributed by atoms with Gasteiger partial charge in [0.1, 0.15) is 11.9 Å². The molecule has 0 spiro atoms. The fourth-order valence-electron chi connectivity index (χ4n) is 2.17. The van der Waals surface area contributed by atoms with Crippen molar-refractivity contribution in [3.8, 4) is 6.07 Å². The van der Waals surface area contributed by atoms with Gasteiger partial charge in [0, 0.05) is 6.07 Å². The van der Waals surface area contributed by atoms with Gasteiger partial charge in [0.25, 0.3) is 5.69 Å². The SMILES string of the molecule is Cl.N#C/C(=C\c1ccccc1[N+](=O)[O-])c1nc2ccccc2[nH]1. The summed E-state index contributed by atoms with van der Waals surface area (Å²) >= 11 is 0. The fourth-order valence-corrected chi connectivity index (χ4v) is 2.17. The van der Waals surface area contributed by atoms with E-state index in [2.05, 4.69) is 9.97 Å². The summed E-state index contributed by atoms with van der Waals surface area (Å²) in [5, 5.41) is 20.4. The summed E-state index contributed by atoms with van der Waals surface area (Å²) in [6.07, 6.45) is 1.47. The number of nitrogens with one attached hydrogen (secondary N) is 1. The van der Waals surface area contributed by atoms with Crippen LogP contribution in [0.15, 0.2) is 48.5 Å².